The lowest BCUT2D eigenvalue weighted by Crippen LogP contribution is -2.13. The number of nitrogens with zero attached hydrogens (tertiary/aromatic N) is 1. The van der Waals surface area contributed by atoms with Gasteiger partial charge in [-0.2, -0.15) is 0 Å². The highest BCUT2D eigenvalue weighted by molar-refractivity contribution is 7.17. The van der Waals surface area contributed by atoms with Crippen LogP contribution in [0.1, 0.15) is 20.0 Å². The fourth-order valence-electron chi connectivity index (χ4n) is 1.28. The van der Waals surface area contributed by atoms with E-state index in [0.29, 0.717) is 6.07 Å². The molecule has 8 heteroatoms. The molecule has 1 heterocycles. The third kappa shape index (κ3) is 2.91. The molecule has 98 valence electrons. The zero-order valence-electron chi connectivity index (χ0n) is 9.31. The van der Waals surface area contributed by atoms with Gasteiger partial charge in [-0.05, 0) is 12.1 Å². The number of thiazole rings is 1. The summed E-state index contributed by atoms with van der Waals surface area (Å²) < 4.78 is 26.0. The van der Waals surface area contributed by atoms with E-state index < -0.39 is 23.4 Å². The van der Waals surface area contributed by atoms with E-state index in [2.05, 4.69) is 10.3 Å². The van der Waals surface area contributed by atoms with Gasteiger partial charge in [-0.1, -0.05) is 11.3 Å². The number of anilines is 1. The first kappa shape index (κ1) is 13.1. The topological polar surface area (TPSA) is 85.1 Å². The summed E-state index contributed by atoms with van der Waals surface area (Å²) in [6.45, 7) is 0. The number of hydrogen-bond donors (Lipinski definition) is 2. The van der Waals surface area contributed by atoms with E-state index in [1.54, 1.807) is 0 Å². The van der Waals surface area contributed by atoms with Crippen LogP contribution in [0.4, 0.5) is 13.9 Å². The van der Waals surface area contributed by atoms with E-state index >= 15 is 0 Å². The average Bonchev–Trinajstić information content (AvgIpc) is 2.77. The van der Waals surface area contributed by atoms with Gasteiger partial charge in [0.05, 0.1) is 11.8 Å². The van der Waals surface area contributed by atoms with Crippen molar-refractivity contribution in [3.8, 4) is 0 Å². The van der Waals surface area contributed by atoms with Crippen molar-refractivity contribution in [1.82, 2.24) is 4.98 Å². The Morgan fingerprint density at radius 2 is 2.05 bits per heavy atom. The molecule has 0 bridgehead atoms. The quantitative estimate of drug-likeness (QED) is 0.900. The van der Waals surface area contributed by atoms with Crippen molar-refractivity contribution in [3.05, 3.63) is 46.5 Å². The van der Waals surface area contributed by atoms with Crippen molar-refractivity contribution < 1.29 is 18.4 Å². The highest BCUT2D eigenvalue weighted by Gasteiger charge is 2.15. The van der Waals surface area contributed by atoms with Crippen molar-refractivity contribution in [2.75, 3.05) is 5.32 Å². The maximum Gasteiger partial charge on any atom is 0.260 e. The SMILES string of the molecule is NC(=O)c1cnc(NC(=O)c2ccc(F)cc2F)s1. The largest absolute Gasteiger partial charge is 0.365 e. The van der Waals surface area contributed by atoms with Crippen LogP contribution in [0.15, 0.2) is 24.4 Å². The van der Waals surface area contributed by atoms with Crippen LogP contribution in [0, 0.1) is 11.6 Å². The van der Waals surface area contributed by atoms with E-state index in [0.717, 1.165) is 23.5 Å². The number of aromatic nitrogens is 1. The molecule has 0 aliphatic heterocycles. The van der Waals surface area contributed by atoms with Gasteiger partial charge >= 0.3 is 0 Å². The summed E-state index contributed by atoms with van der Waals surface area (Å²) in [5.41, 5.74) is 4.70. The maximum absolute atomic E-state index is 13.3. The van der Waals surface area contributed by atoms with Gasteiger partial charge in [-0.3, -0.25) is 14.9 Å². The average molecular weight is 283 g/mol. The standard InChI is InChI=1S/C11H7F2N3O2S/c12-5-1-2-6(7(13)3-5)10(18)16-11-15-4-8(19-11)9(14)17/h1-4H,(H2,14,17)(H,15,16,18). The summed E-state index contributed by atoms with van der Waals surface area (Å²) in [7, 11) is 0. The molecule has 0 atom stereocenters. The van der Waals surface area contributed by atoms with Crippen LogP contribution < -0.4 is 11.1 Å². The molecule has 0 saturated heterocycles. The predicted octanol–water partition coefficient (Wildman–Crippen LogP) is 1.77. The third-order valence-electron chi connectivity index (χ3n) is 2.14. The van der Waals surface area contributed by atoms with Gasteiger partial charge in [0.2, 0.25) is 0 Å². The van der Waals surface area contributed by atoms with E-state index in [1.165, 1.54) is 6.20 Å². The second-order valence-corrected chi connectivity index (χ2v) is 4.50. The van der Waals surface area contributed by atoms with Crippen LogP contribution >= 0.6 is 11.3 Å². The Labute approximate surface area is 110 Å². The summed E-state index contributed by atoms with van der Waals surface area (Å²) in [4.78, 5) is 26.4. The molecule has 19 heavy (non-hydrogen) atoms. The number of hydrogen-bond acceptors (Lipinski definition) is 4. The monoisotopic (exact) mass is 283 g/mol. The molecule has 0 saturated carbocycles. The number of carbonyl (C=O) groups is 2. The number of carbonyl (C=O) groups excluding carboxylic acids is 2. The fraction of sp³-hybridized carbons (Fsp3) is 0. The zero-order valence-corrected chi connectivity index (χ0v) is 10.1. The highest BCUT2D eigenvalue weighted by Crippen LogP contribution is 2.19. The molecule has 0 spiro atoms. The Kier molecular flexibility index (Phi) is 3.52. The maximum atomic E-state index is 13.3. The molecule has 2 aromatic rings. The number of rotatable bonds is 3. The minimum absolute atomic E-state index is 0.0996. The molecule has 3 N–H and O–H groups in total. The van der Waals surface area contributed by atoms with Crippen molar-refractivity contribution in [2.24, 2.45) is 5.73 Å². The molecule has 0 aliphatic rings. The van der Waals surface area contributed by atoms with Crippen LogP contribution in [-0.2, 0) is 0 Å². The van der Waals surface area contributed by atoms with E-state index in [4.69, 9.17) is 5.73 Å². The van der Waals surface area contributed by atoms with Crippen LogP contribution in [0.3, 0.4) is 0 Å². The summed E-state index contributed by atoms with van der Waals surface area (Å²) >= 11 is 0.859. The number of primary amides is 1. The summed E-state index contributed by atoms with van der Waals surface area (Å²) in [6, 6.07) is 2.59. The Bertz CT molecular complexity index is 657. The molecule has 0 fully saturated rings. The van der Waals surface area contributed by atoms with Crippen LogP contribution in [0.2, 0.25) is 0 Å². The summed E-state index contributed by atoms with van der Waals surface area (Å²) in [5.74, 6) is -3.22. The van der Waals surface area contributed by atoms with Crippen molar-refractivity contribution in [1.29, 1.82) is 0 Å². The number of benzene rings is 1. The molecular formula is C11H7F2N3O2S. The van der Waals surface area contributed by atoms with E-state index in [9.17, 15) is 18.4 Å². The predicted molar refractivity (Wildman–Crippen MR) is 64.9 cm³/mol. The smallest absolute Gasteiger partial charge is 0.260 e. The molecule has 2 amide bonds. The first-order chi connectivity index (χ1) is 8.97. The fourth-order valence-corrected chi connectivity index (χ4v) is 1.95. The molecule has 1 aromatic carbocycles. The van der Waals surface area contributed by atoms with Gasteiger partial charge in [0.1, 0.15) is 16.5 Å². The van der Waals surface area contributed by atoms with Gasteiger partial charge in [-0.15, -0.1) is 0 Å². The Morgan fingerprint density at radius 1 is 1.32 bits per heavy atom. The minimum atomic E-state index is -0.982. The second-order valence-electron chi connectivity index (χ2n) is 3.47. The van der Waals surface area contributed by atoms with Crippen LogP contribution in [0.5, 0.6) is 0 Å². The molecule has 0 unspecified atom stereocenters. The van der Waals surface area contributed by atoms with Gasteiger partial charge in [0.25, 0.3) is 11.8 Å². The van der Waals surface area contributed by atoms with E-state index in [-0.39, 0.29) is 15.6 Å². The van der Waals surface area contributed by atoms with Gasteiger partial charge in [-0.25, -0.2) is 13.8 Å². The van der Waals surface area contributed by atoms with Gasteiger partial charge < -0.3 is 5.73 Å². The lowest BCUT2D eigenvalue weighted by Gasteiger charge is -2.02. The Balaban J connectivity index is 2.18. The third-order valence-corrected chi connectivity index (χ3v) is 3.07. The Hall–Kier alpha value is -2.35. The zero-order chi connectivity index (χ0) is 14.0. The van der Waals surface area contributed by atoms with Crippen LogP contribution in [-0.4, -0.2) is 16.8 Å². The summed E-state index contributed by atoms with van der Waals surface area (Å²) in [6.07, 6.45) is 1.20. The molecule has 2 rings (SSSR count). The van der Waals surface area contributed by atoms with Gasteiger partial charge in [0, 0.05) is 6.07 Å². The molecular weight excluding hydrogens is 276 g/mol. The van der Waals surface area contributed by atoms with Gasteiger partial charge in [0.15, 0.2) is 5.13 Å². The molecule has 0 radical (unpaired) electrons. The molecule has 1 aromatic heterocycles. The number of amides is 2. The first-order valence-corrected chi connectivity index (χ1v) is 5.81. The lowest BCUT2D eigenvalue weighted by atomic mass is 10.2. The van der Waals surface area contributed by atoms with Crippen molar-refractivity contribution >= 4 is 28.3 Å². The van der Waals surface area contributed by atoms with Crippen molar-refractivity contribution in [2.45, 2.75) is 0 Å². The van der Waals surface area contributed by atoms with E-state index in [1.807, 2.05) is 0 Å². The van der Waals surface area contributed by atoms with Crippen molar-refractivity contribution in [3.63, 3.8) is 0 Å². The normalized spacial score (nSPS) is 10.2. The minimum Gasteiger partial charge on any atom is -0.365 e. The lowest BCUT2D eigenvalue weighted by molar-refractivity contribution is 0.1000. The second kappa shape index (κ2) is 5.11. The number of halogens is 2. The highest BCUT2D eigenvalue weighted by atomic mass is 32.1. The number of nitrogens with one attached hydrogen (secondary N) is 1. The number of nitrogens with two attached hydrogens (primary N) is 1. The molecule has 0 aliphatic carbocycles. The summed E-state index contributed by atoms with van der Waals surface area (Å²) in [5, 5.41) is 2.39. The van der Waals surface area contributed by atoms with Crippen LogP contribution in [0.25, 0.3) is 0 Å². The Morgan fingerprint density at radius 3 is 2.63 bits per heavy atom. The first-order valence-electron chi connectivity index (χ1n) is 4.99. The molecule has 5 nitrogen and oxygen atoms in total.